The lowest BCUT2D eigenvalue weighted by molar-refractivity contribution is 0.425. The Morgan fingerprint density at radius 3 is 2.48 bits per heavy atom. The zero-order valence-electron chi connectivity index (χ0n) is 15.8. The first-order valence-corrected chi connectivity index (χ1v) is 9.26. The monoisotopic (exact) mass is 381 g/mol. The lowest BCUT2D eigenvalue weighted by Gasteiger charge is -2.15. The highest BCUT2D eigenvalue weighted by Gasteiger charge is 2.10. The van der Waals surface area contributed by atoms with Gasteiger partial charge in [-0.25, -0.2) is 4.98 Å². The van der Waals surface area contributed by atoms with E-state index < -0.39 is 0 Å². The van der Waals surface area contributed by atoms with E-state index in [0.717, 1.165) is 35.6 Å². The quantitative estimate of drug-likeness (QED) is 0.614. The first-order chi connectivity index (χ1) is 13.0. The number of aryl methyl sites for hydroxylation is 1. The van der Waals surface area contributed by atoms with E-state index >= 15 is 0 Å². The number of hydrogen-bond acceptors (Lipinski definition) is 5. The number of halogens is 1. The summed E-state index contributed by atoms with van der Waals surface area (Å²) in [4.78, 5) is 11.4. The zero-order valence-corrected chi connectivity index (χ0v) is 16.6. The summed E-state index contributed by atoms with van der Waals surface area (Å²) in [7, 11) is 4.08. The van der Waals surface area contributed by atoms with Crippen molar-refractivity contribution in [2.24, 2.45) is 0 Å². The van der Waals surface area contributed by atoms with E-state index in [2.05, 4.69) is 25.5 Å². The van der Waals surface area contributed by atoms with Gasteiger partial charge in [0.25, 0.3) is 0 Å². The standard InChI is InChI=1S/C21H24ClN5/c1-15-8-7-11-17(22)20(15)25-19-14-18(16-9-5-4-6-10-16)24-21(26-19)23-12-13-27(2)3/h4-11,14H,12-13H2,1-3H3,(H2,23,24,25,26). The Balaban J connectivity index is 1.94. The molecule has 0 saturated carbocycles. The molecule has 0 aliphatic carbocycles. The molecule has 0 radical (unpaired) electrons. The van der Waals surface area contributed by atoms with E-state index in [-0.39, 0.29) is 0 Å². The SMILES string of the molecule is Cc1cccc(Cl)c1Nc1cc(-c2ccccc2)nc(NCCN(C)C)n1. The highest BCUT2D eigenvalue weighted by molar-refractivity contribution is 6.33. The summed E-state index contributed by atoms with van der Waals surface area (Å²) >= 11 is 6.37. The molecule has 0 unspecified atom stereocenters. The smallest absolute Gasteiger partial charge is 0.225 e. The number of benzene rings is 2. The molecular weight excluding hydrogens is 358 g/mol. The highest BCUT2D eigenvalue weighted by atomic mass is 35.5. The van der Waals surface area contributed by atoms with Crippen LogP contribution in [0, 0.1) is 6.92 Å². The molecule has 140 valence electrons. The predicted octanol–water partition coefficient (Wildman–Crippen LogP) is 4.82. The molecule has 6 heteroatoms. The first kappa shape index (κ1) is 19.1. The minimum absolute atomic E-state index is 0.588. The van der Waals surface area contributed by atoms with Crippen molar-refractivity contribution in [3.8, 4) is 11.3 Å². The van der Waals surface area contributed by atoms with Gasteiger partial charge in [-0.15, -0.1) is 0 Å². The van der Waals surface area contributed by atoms with Gasteiger partial charge < -0.3 is 15.5 Å². The van der Waals surface area contributed by atoms with Gasteiger partial charge in [-0.1, -0.05) is 54.1 Å². The molecule has 0 spiro atoms. The molecule has 0 aliphatic heterocycles. The molecule has 0 aliphatic rings. The third-order valence-electron chi connectivity index (χ3n) is 4.11. The molecule has 1 aromatic heterocycles. The van der Waals surface area contributed by atoms with Crippen molar-refractivity contribution < 1.29 is 0 Å². The second-order valence-corrected chi connectivity index (χ2v) is 7.02. The van der Waals surface area contributed by atoms with Gasteiger partial charge in [0.15, 0.2) is 0 Å². The van der Waals surface area contributed by atoms with Gasteiger partial charge in [0.1, 0.15) is 5.82 Å². The fraction of sp³-hybridized carbons (Fsp3) is 0.238. The Hall–Kier alpha value is -2.63. The van der Waals surface area contributed by atoms with E-state index in [1.807, 2.05) is 75.6 Å². The fourth-order valence-corrected chi connectivity index (χ4v) is 2.93. The van der Waals surface area contributed by atoms with Gasteiger partial charge in [0.05, 0.1) is 16.4 Å². The molecule has 0 amide bonds. The maximum atomic E-state index is 6.37. The number of para-hydroxylation sites is 1. The Labute approximate surface area is 165 Å². The Bertz CT molecular complexity index is 876. The third-order valence-corrected chi connectivity index (χ3v) is 4.43. The van der Waals surface area contributed by atoms with E-state index in [1.54, 1.807) is 0 Å². The van der Waals surface area contributed by atoms with Crippen LogP contribution in [0.5, 0.6) is 0 Å². The minimum atomic E-state index is 0.588. The Morgan fingerprint density at radius 1 is 1.00 bits per heavy atom. The molecule has 0 fully saturated rings. The lowest BCUT2D eigenvalue weighted by atomic mass is 10.1. The fourth-order valence-electron chi connectivity index (χ4n) is 2.66. The van der Waals surface area contributed by atoms with E-state index in [1.165, 1.54) is 0 Å². The van der Waals surface area contributed by atoms with Crippen molar-refractivity contribution >= 4 is 29.1 Å². The van der Waals surface area contributed by atoms with Crippen LogP contribution in [0.25, 0.3) is 11.3 Å². The molecule has 1 heterocycles. The number of anilines is 3. The van der Waals surface area contributed by atoms with Crippen LogP contribution in [0.3, 0.4) is 0 Å². The van der Waals surface area contributed by atoms with Crippen LogP contribution in [0.2, 0.25) is 5.02 Å². The van der Waals surface area contributed by atoms with Gasteiger partial charge in [-0.2, -0.15) is 4.98 Å². The second kappa shape index (κ2) is 8.84. The topological polar surface area (TPSA) is 53.1 Å². The van der Waals surface area contributed by atoms with E-state index in [4.69, 9.17) is 11.6 Å². The third kappa shape index (κ3) is 5.18. The van der Waals surface area contributed by atoms with E-state index in [0.29, 0.717) is 16.8 Å². The van der Waals surface area contributed by atoms with Crippen molar-refractivity contribution in [2.75, 3.05) is 37.8 Å². The van der Waals surface area contributed by atoms with Gasteiger partial charge in [-0.05, 0) is 32.6 Å². The van der Waals surface area contributed by atoms with Gasteiger partial charge >= 0.3 is 0 Å². The predicted molar refractivity (Wildman–Crippen MR) is 114 cm³/mol. The number of nitrogens with one attached hydrogen (secondary N) is 2. The van der Waals surface area contributed by atoms with Crippen molar-refractivity contribution in [1.29, 1.82) is 0 Å². The van der Waals surface area contributed by atoms with Gasteiger partial charge in [0, 0.05) is 24.7 Å². The van der Waals surface area contributed by atoms with Crippen molar-refractivity contribution in [2.45, 2.75) is 6.92 Å². The van der Waals surface area contributed by atoms with Crippen molar-refractivity contribution in [3.63, 3.8) is 0 Å². The number of likely N-dealkylation sites (N-methyl/N-ethyl adjacent to an activating group) is 1. The van der Waals surface area contributed by atoms with Crippen molar-refractivity contribution in [3.05, 3.63) is 65.2 Å². The Morgan fingerprint density at radius 2 is 1.78 bits per heavy atom. The normalized spacial score (nSPS) is 10.9. The summed E-state index contributed by atoms with van der Waals surface area (Å²) < 4.78 is 0. The summed E-state index contributed by atoms with van der Waals surface area (Å²) in [6.07, 6.45) is 0. The van der Waals surface area contributed by atoms with E-state index in [9.17, 15) is 0 Å². The number of nitrogens with zero attached hydrogens (tertiary/aromatic N) is 3. The van der Waals surface area contributed by atoms with Crippen LogP contribution in [0.15, 0.2) is 54.6 Å². The lowest BCUT2D eigenvalue weighted by Crippen LogP contribution is -2.21. The molecule has 5 nitrogen and oxygen atoms in total. The molecule has 27 heavy (non-hydrogen) atoms. The summed E-state index contributed by atoms with van der Waals surface area (Å²) in [6, 6.07) is 17.8. The summed E-state index contributed by atoms with van der Waals surface area (Å²) in [5.74, 6) is 1.29. The average molecular weight is 382 g/mol. The van der Waals surface area contributed by atoms with Crippen LogP contribution in [0.1, 0.15) is 5.56 Å². The van der Waals surface area contributed by atoms with Gasteiger partial charge in [-0.3, -0.25) is 0 Å². The van der Waals surface area contributed by atoms with Crippen LogP contribution in [-0.4, -0.2) is 42.1 Å². The number of hydrogen-bond donors (Lipinski definition) is 2. The number of rotatable bonds is 7. The van der Waals surface area contributed by atoms with Crippen molar-refractivity contribution in [1.82, 2.24) is 14.9 Å². The van der Waals surface area contributed by atoms with Crippen LogP contribution >= 0.6 is 11.6 Å². The van der Waals surface area contributed by atoms with Gasteiger partial charge in [0.2, 0.25) is 5.95 Å². The summed E-state index contributed by atoms with van der Waals surface area (Å²) in [6.45, 7) is 3.67. The Kier molecular flexibility index (Phi) is 6.27. The summed E-state index contributed by atoms with van der Waals surface area (Å²) in [5, 5.41) is 7.33. The molecule has 3 rings (SSSR count). The molecule has 2 aromatic carbocycles. The molecule has 0 saturated heterocycles. The summed E-state index contributed by atoms with van der Waals surface area (Å²) in [5.41, 5.74) is 3.81. The second-order valence-electron chi connectivity index (χ2n) is 6.61. The zero-order chi connectivity index (χ0) is 19.2. The number of aromatic nitrogens is 2. The van der Waals surface area contributed by atoms with Crippen LogP contribution < -0.4 is 10.6 Å². The largest absolute Gasteiger partial charge is 0.353 e. The average Bonchev–Trinajstić information content (AvgIpc) is 2.65. The molecule has 0 bridgehead atoms. The molecule has 0 atom stereocenters. The van der Waals surface area contributed by atoms with Crippen LogP contribution in [0.4, 0.5) is 17.5 Å². The molecular formula is C21H24ClN5. The minimum Gasteiger partial charge on any atom is -0.353 e. The maximum absolute atomic E-state index is 6.37. The molecule has 3 aromatic rings. The van der Waals surface area contributed by atoms with Crippen LogP contribution in [-0.2, 0) is 0 Å². The highest BCUT2D eigenvalue weighted by Crippen LogP contribution is 2.30. The first-order valence-electron chi connectivity index (χ1n) is 8.88. The maximum Gasteiger partial charge on any atom is 0.225 e. The molecule has 2 N–H and O–H groups in total.